The van der Waals surface area contributed by atoms with Crippen molar-refractivity contribution in [2.75, 3.05) is 0 Å². The quantitative estimate of drug-likeness (QED) is 0.497. The molecule has 5 heteroatoms. The number of hydrogen-bond donors (Lipinski definition) is 0. The van der Waals surface area contributed by atoms with E-state index in [2.05, 4.69) is 0 Å². The molecule has 0 nitrogen and oxygen atoms in total. The molecule has 0 aromatic carbocycles. The summed E-state index contributed by atoms with van der Waals surface area (Å²) in [5, 5.41) is 0. The van der Waals surface area contributed by atoms with E-state index in [0.717, 1.165) is 0 Å². The maximum Gasteiger partial charge on any atom is 2.00 e. The average molecular weight is 400 g/mol. The van der Waals surface area contributed by atoms with Gasteiger partial charge in [-0.2, -0.15) is 0 Å². The number of rotatable bonds is 0. The summed E-state index contributed by atoms with van der Waals surface area (Å²) in [6.45, 7) is 0. The summed E-state index contributed by atoms with van der Waals surface area (Å²) in [7, 11) is 0. The zero-order valence-corrected chi connectivity index (χ0v) is 15.3. The summed E-state index contributed by atoms with van der Waals surface area (Å²) in [5.41, 5.74) is 0. The molecule has 0 saturated heterocycles. The van der Waals surface area contributed by atoms with Gasteiger partial charge in [0.15, 0.2) is 0 Å². The Morgan fingerprint density at radius 1 is 1.20 bits per heavy atom. The molecule has 0 atom stereocenters. The Balaban J connectivity index is 0. The van der Waals surface area contributed by atoms with Gasteiger partial charge in [-0.15, -0.1) is 0 Å². The van der Waals surface area contributed by atoms with Crippen molar-refractivity contribution >= 4 is 48.9 Å². The molecule has 0 amide bonds. The van der Waals surface area contributed by atoms with Crippen molar-refractivity contribution in [3.05, 3.63) is 0 Å². The van der Waals surface area contributed by atoms with Crippen LogP contribution in [-0.2, 0) is 84.5 Å². The maximum absolute atomic E-state index is 0. The predicted molar refractivity (Wildman–Crippen MR) is 7.98 cm³/mol. The van der Waals surface area contributed by atoms with Crippen molar-refractivity contribution in [3.8, 4) is 0 Å². The number of hydrogen-bond acceptors (Lipinski definition) is 0. The fourth-order valence-corrected chi connectivity index (χ4v) is 0. The van der Waals surface area contributed by atoms with Crippen molar-refractivity contribution in [2.24, 2.45) is 0 Å². The van der Waals surface area contributed by atoms with Crippen LogP contribution in [0, 0.1) is 0 Å². The van der Waals surface area contributed by atoms with Gasteiger partial charge in [-0.1, -0.05) is 0 Å². The van der Waals surface area contributed by atoms with Gasteiger partial charge in [0, 0.05) is 84.5 Å². The predicted octanol–water partition coefficient (Wildman–Crippen LogP) is -0.166. The summed E-state index contributed by atoms with van der Waals surface area (Å²) >= 11 is 0. The monoisotopic (exact) mass is 398 g/mol. The van der Waals surface area contributed by atoms with Crippen LogP contribution in [-0.4, -0.2) is 48.9 Å². The molecule has 0 N–H and O–H groups in total. The van der Waals surface area contributed by atoms with Crippen molar-refractivity contribution in [3.63, 3.8) is 0 Å². The van der Waals surface area contributed by atoms with Gasteiger partial charge in [0.1, 0.15) is 0 Å². The van der Waals surface area contributed by atoms with E-state index >= 15 is 0 Å². The third-order valence-electron chi connectivity index (χ3n) is 0. The average Bonchev–Trinajstić information content (AvgIpc) is 0. The molecule has 22 valence electrons. The molecule has 0 aromatic rings. The van der Waals surface area contributed by atoms with Crippen LogP contribution in [0.4, 0.5) is 0 Å². The Morgan fingerprint density at radius 3 is 1.20 bits per heavy atom. The molecule has 0 radical (unpaired) electrons. The normalized spacial score (nSPS) is 0. The Hall–Kier alpha value is 4.31. The van der Waals surface area contributed by atoms with Crippen LogP contribution in [0.25, 0.3) is 0 Å². The maximum atomic E-state index is 0. The van der Waals surface area contributed by atoms with E-state index in [1.54, 1.807) is 0 Å². The van der Waals surface area contributed by atoms with Crippen LogP contribution in [0.2, 0.25) is 0 Å². The first-order valence-electron chi connectivity index (χ1n) is 0. The first-order valence-corrected chi connectivity index (χ1v) is 0. The summed E-state index contributed by atoms with van der Waals surface area (Å²) < 4.78 is 0. The van der Waals surface area contributed by atoms with Crippen LogP contribution >= 0.6 is 0 Å². The minimum atomic E-state index is 0. The Bertz CT molecular complexity index is 17.7. The Labute approximate surface area is 133 Å². The van der Waals surface area contributed by atoms with E-state index in [1.807, 2.05) is 0 Å². The molecular formula is H2BaFeTiZnZr. The fraction of sp³-hybridized carbons (Fsp3) is 0. The summed E-state index contributed by atoms with van der Waals surface area (Å²) in [6, 6.07) is 0. The van der Waals surface area contributed by atoms with E-state index in [1.165, 1.54) is 0 Å². The fourth-order valence-electron chi connectivity index (χ4n) is 0. The largest absolute Gasteiger partial charge is 2.00 e. The van der Waals surface area contributed by atoms with Crippen LogP contribution in [0.15, 0.2) is 0 Å². The van der Waals surface area contributed by atoms with Gasteiger partial charge in [-0.3, -0.25) is 0 Å². The standard InChI is InChI=1S/Ba.Fe.Ti.Zn.Zr.2H/q+2;;;;;2*-1. The third-order valence-corrected chi connectivity index (χ3v) is 0. The summed E-state index contributed by atoms with van der Waals surface area (Å²) in [5.74, 6) is 0. The molecule has 0 bridgehead atoms. The molecule has 0 unspecified atom stereocenters. The molecule has 0 fully saturated rings. The molecule has 0 rings (SSSR count). The van der Waals surface area contributed by atoms with Gasteiger partial charge in [0.2, 0.25) is 0 Å². The van der Waals surface area contributed by atoms with Gasteiger partial charge in [0.05, 0.1) is 0 Å². The summed E-state index contributed by atoms with van der Waals surface area (Å²) in [4.78, 5) is 0. The Morgan fingerprint density at radius 2 is 1.20 bits per heavy atom. The molecule has 5 heavy (non-hydrogen) atoms. The molecular weight excluding hydrogens is 398 g/mol. The Kier molecular flexibility index (Phi) is 165. The molecule has 0 aliphatic heterocycles. The van der Waals surface area contributed by atoms with Crippen LogP contribution < -0.4 is 0 Å². The third kappa shape index (κ3) is 17.8. The second-order valence-electron chi connectivity index (χ2n) is 0. The second kappa shape index (κ2) is 23.9. The zero-order valence-electron chi connectivity index (χ0n) is 4.77. The SMILES string of the molecule is [Ba+2].[Fe].[H-].[H-].[Ti].[Zn].[Zr]. The molecule has 0 aliphatic rings. The van der Waals surface area contributed by atoms with Crippen molar-refractivity contribution in [1.29, 1.82) is 0 Å². The molecule has 0 aromatic heterocycles. The molecule has 0 heterocycles. The molecule has 0 spiro atoms. The van der Waals surface area contributed by atoms with Crippen LogP contribution in [0.1, 0.15) is 2.85 Å². The minimum Gasteiger partial charge on any atom is -1.00 e. The van der Waals surface area contributed by atoms with Crippen LogP contribution in [0.5, 0.6) is 0 Å². The van der Waals surface area contributed by atoms with E-state index in [9.17, 15) is 0 Å². The van der Waals surface area contributed by atoms with E-state index in [4.69, 9.17) is 0 Å². The van der Waals surface area contributed by atoms with E-state index < -0.39 is 0 Å². The first-order chi connectivity index (χ1) is 0. The zero-order chi connectivity index (χ0) is 0. The van der Waals surface area contributed by atoms with Gasteiger partial charge >= 0.3 is 48.9 Å². The molecule has 0 aliphatic carbocycles. The van der Waals surface area contributed by atoms with Gasteiger partial charge in [0.25, 0.3) is 0 Å². The van der Waals surface area contributed by atoms with Crippen LogP contribution in [0.3, 0.4) is 0 Å². The molecule has 0 saturated carbocycles. The first kappa shape index (κ1) is 34.6. The topological polar surface area (TPSA) is 0 Å². The van der Waals surface area contributed by atoms with E-state index in [-0.39, 0.29) is 136 Å². The van der Waals surface area contributed by atoms with Crippen molar-refractivity contribution in [1.82, 2.24) is 0 Å². The van der Waals surface area contributed by atoms with Crippen molar-refractivity contribution < 1.29 is 87.3 Å². The van der Waals surface area contributed by atoms with Gasteiger partial charge in [-0.25, -0.2) is 0 Å². The summed E-state index contributed by atoms with van der Waals surface area (Å²) in [6.07, 6.45) is 0. The second-order valence-corrected chi connectivity index (χ2v) is 0. The van der Waals surface area contributed by atoms with Gasteiger partial charge < -0.3 is 2.85 Å². The van der Waals surface area contributed by atoms with E-state index in [0.29, 0.717) is 0 Å². The minimum absolute atomic E-state index is 0. The van der Waals surface area contributed by atoms with Crippen molar-refractivity contribution in [2.45, 2.75) is 0 Å². The van der Waals surface area contributed by atoms with Gasteiger partial charge in [-0.05, 0) is 0 Å². The smallest absolute Gasteiger partial charge is 1.00 e.